The average molecular weight is 243 g/mol. The molecule has 18 heavy (non-hydrogen) atoms. The zero-order chi connectivity index (χ0) is 12.8. The molecule has 2 aromatic rings. The Kier molecular flexibility index (Phi) is 4.20. The molecule has 2 N–H and O–H groups in total. The Morgan fingerprint density at radius 2 is 1.50 bits per heavy atom. The van der Waals surface area contributed by atoms with Crippen LogP contribution in [0.4, 0.5) is 0 Å². The predicted octanol–water partition coefficient (Wildman–Crippen LogP) is 3.34. The fraction of sp³-hybridized carbons (Fsp3) is 0.200. The molecule has 0 bridgehead atoms. The molecule has 2 aromatic carbocycles. The molecule has 94 valence electrons. The monoisotopic (exact) mass is 243 g/mol. The average Bonchev–Trinajstić information content (AvgIpc) is 2.42. The third kappa shape index (κ3) is 2.81. The molecule has 0 aliphatic heterocycles. The van der Waals surface area contributed by atoms with Crippen molar-refractivity contribution in [3.63, 3.8) is 0 Å². The second kappa shape index (κ2) is 6.07. The van der Waals surface area contributed by atoms with E-state index in [0.717, 1.165) is 17.1 Å². The fourth-order valence-corrected chi connectivity index (χ4v) is 1.70. The van der Waals surface area contributed by atoms with Gasteiger partial charge < -0.3 is 15.2 Å². The van der Waals surface area contributed by atoms with E-state index in [4.69, 9.17) is 15.2 Å². The van der Waals surface area contributed by atoms with Crippen molar-refractivity contribution in [2.75, 3.05) is 6.61 Å². The molecule has 0 unspecified atom stereocenters. The maximum atomic E-state index is 5.88. The lowest BCUT2D eigenvalue weighted by Crippen LogP contribution is -2.00. The van der Waals surface area contributed by atoms with Crippen molar-refractivity contribution < 1.29 is 9.47 Å². The van der Waals surface area contributed by atoms with Crippen LogP contribution in [0.1, 0.15) is 12.5 Å². The molecule has 3 heteroatoms. The van der Waals surface area contributed by atoms with Crippen molar-refractivity contribution in [2.45, 2.75) is 13.5 Å². The molecule has 0 aliphatic rings. The summed E-state index contributed by atoms with van der Waals surface area (Å²) in [4.78, 5) is 0. The van der Waals surface area contributed by atoms with Gasteiger partial charge in [0.1, 0.15) is 5.75 Å². The van der Waals surface area contributed by atoms with E-state index < -0.39 is 0 Å². The van der Waals surface area contributed by atoms with Gasteiger partial charge in [0.05, 0.1) is 6.61 Å². The van der Waals surface area contributed by atoms with Gasteiger partial charge in [-0.3, -0.25) is 0 Å². The van der Waals surface area contributed by atoms with E-state index in [1.165, 1.54) is 0 Å². The van der Waals surface area contributed by atoms with Gasteiger partial charge in [0, 0.05) is 12.1 Å². The first-order valence-corrected chi connectivity index (χ1v) is 6.02. The quantitative estimate of drug-likeness (QED) is 0.876. The largest absolute Gasteiger partial charge is 0.490 e. The molecule has 0 heterocycles. The summed E-state index contributed by atoms with van der Waals surface area (Å²) in [6, 6.07) is 15.4. The molecule has 0 radical (unpaired) electrons. The second-order valence-corrected chi connectivity index (χ2v) is 3.79. The molecule has 3 nitrogen and oxygen atoms in total. The Bertz CT molecular complexity index is 511. The number of para-hydroxylation sites is 3. The summed E-state index contributed by atoms with van der Waals surface area (Å²) in [5.41, 5.74) is 6.67. The van der Waals surface area contributed by atoms with E-state index in [-0.39, 0.29) is 0 Å². The van der Waals surface area contributed by atoms with Crippen LogP contribution in [0.5, 0.6) is 17.2 Å². The zero-order valence-electron chi connectivity index (χ0n) is 10.4. The highest BCUT2D eigenvalue weighted by Gasteiger charge is 2.07. The van der Waals surface area contributed by atoms with Gasteiger partial charge in [-0.15, -0.1) is 0 Å². The van der Waals surface area contributed by atoms with Crippen molar-refractivity contribution in [1.82, 2.24) is 0 Å². The summed E-state index contributed by atoms with van der Waals surface area (Å²) in [6.45, 7) is 3.01. The Hall–Kier alpha value is -2.00. The summed E-state index contributed by atoms with van der Waals surface area (Å²) in [5.74, 6) is 2.22. The highest BCUT2D eigenvalue weighted by Crippen LogP contribution is 2.32. The Labute approximate surface area is 107 Å². The molecule has 0 saturated heterocycles. The molecule has 0 atom stereocenters. The van der Waals surface area contributed by atoms with Gasteiger partial charge >= 0.3 is 0 Å². The smallest absolute Gasteiger partial charge is 0.169 e. The third-order valence-corrected chi connectivity index (χ3v) is 2.56. The molecule has 0 amide bonds. The Balaban J connectivity index is 2.28. The molecule has 2 rings (SSSR count). The molecule has 0 fully saturated rings. The van der Waals surface area contributed by atoms with Gasteiger partial charge in [0.15, 0.2) is 11.5 Å². The number of nitrogens with two attached hydrogens (primary N) is 1. The Morgan fingerprint density at radius 1 is 0.889 bits per heavy atom. The molecule has 0 aromatic heterocycles. The summed E-state index contributed by atoms with van der Waals surface area (Å²) >= 11 is 0. The Morgan fingerprint density at radius 3 is 2.17 bits per heavy atom. The van der Waals surface area contributed by atoms with Crippen molar-refractivity contribution in [1.29, 1.82) is 0 Å². The third-order valence-electron chi connectivity index (χ3n) is 2.56. The first kappa shape index (κ1) is 12.5. The van der Waals surface area contributed by atoms with E-state index in [1.54, 1.807) is 0 Å². The number of hydrogen-bond acceptors (Lipinski definition) is 3. The summed E-state index contributed by atoms with van der Waals surface area (Å²) < 4.78 is 11.4. The van der Waals surface area contributed by atoms with Crippen LogP contribution in [0.15, 0.2) is 48.5 Å². The molecular formula is C15H17NO2. The first-order chi connectivity index (χ1) is 8.85. The van der Waals surface area contributed by atoms with Gasteiger partial charge in [-0.25, -0.2) is 0 Å². The van der Waals surface area contributed by atoms with Gasteiger partial charge in [-0.1, -0.05) is 30.3 Å². The van der Waals surface area contributed by atoms with Crippen LogP contribution >= 0.6 is 0 Å². The summed E-state index contributed by atoms with van der Waals surface area (Å²) in [7, 11) is 0. The van der Waals surface area contributed by atoms with E-state index in [0.29, 0.717) is 18.9 Å². The second-order valence-electron chi connectivity index (χ2n) is 3.79. The number of ether oxygens (including phenoxy) is 2. The number of hydrogen-bond donors (Lipinski definition) is 1. The minimum Gasteiger partial charge on any atom is -0.490 e. The normalized spacial score (nSPS) is 10.1. The minimum atomic E-state index is 0.451. The topological polar surface area (TPSA) is 44.5 Å². The maximum Gasteiger partial charge on any atom is 0.169 e. The molecule has 0 saturated carbocycles. The standard InChI is InChI=1S/C15H17NO2/c1-2-17-14-9-5-6-10-15(14)18-13-8-4-3-7-12(13)11-16/h3-10H,2,11,16H2,1H3. The summed E-state index contributed by atoms with van der Waals surface area (Å²) in [6.07, 6.45) is 0. The van der Waals surface area contributed by atoms with Crippen LogP contribution in [0.2, 0.25) is 0 Å². The SMILES string of the molecule is CCOc1ccccc1Oc1ccccc1CN. The lowest BCUT2D eigenvalue weighted by Gasteiger charge is -2.13. The number of rotatable bonds is 5. The van der Waals surface area contributed by atoms with Crippen molar-refractivity contribution in [3.05, 3.63) is 54.1 Å². The van der Waals surface area contributed by atoms with Crippen LogP contribution in [-0.2, 0) is 6.54 Å². The summed E-state index contributed by atoms with van der Waals surface area (Å²) in [5, 5.41) is 0. The van der Waals surface area contributed by atoms with E-state index in [9.17, 15) is 0 Å². The van der Waals surface area contributed by atoms with Crippen LogP contribution in [0, 0.1) is 0 Å². The lowest BCUT2D eigenvalue weighted by molar-refractivity contribution is 0.321. The van der Waals surface area contributed by atoms with Crippen LogP contribution < -0.4 is 15.2 Å². The fourth-order valence-electron chi connectivity index (χ4n) is 1.70. The van der Waals surface area contributed by atoms with Crippen LogP contribution in [0.25, 0.3) is 0 Å². The van der Waals surface area contributed by atoms with E-state index >= 15 is 0 Å². The van der Waals surface area contributed by atoms with Gasteiger partial charge in [-0.05, 0) is 25.1 Å². The van der Waals surface area contributed by atoms with E-state index in [1.807, 2.05) is 55.5 Å². The highest BCUT2D eigenvalue weighted by atomic mass is 16.5. The number of benzene rings is 2. The molecule has 0 aliphatic carbocycles. The van der Waals surface area contributed by atoms with Crippen LogP contribution in [0.3, 0.4) is 0 Å². The lowest BCUT2D eigenvalue weighted by atomic mass is 10.2. The van der Waals surface area contributed by atoms with Crippen molar-refractivity contribution in [2.24, 2.45) is 5.73 Å². The first-order valence-electron chi connectivity index (χ1n) is 6.02. The highest BCUT2D eigenvalue weighted by molar-refractivity contribution is 5.44. The molecular weight excluding hydrogens is 226 g/mol. The van der Waals surface area contributed by atoms with E-state index in [2.05, 4.69) is 0 Å². The van der Waals surface area contributed by atoms with Gasteiger partial charge in [0.25, 0.3) is 0 Å². The van der Waals surface area contributed by atoms with Crippen molar-refractivity contribution in [3.8, 4) is 17.2 Å². The zero-order valence-corrected chi connectivity index (χ0v) is 10.4. The molecule has 0 spiro atoms. The van der Waals surface area contributed by atoms with Crippen molar-refractivity contribution >= 4 is 0 Å². The minimum absolute atomic E-state index is 0.451. The maximum absolute atomic E-state index is 5.88. The van der Waals surface area contributed by atoms with Crippen LogP contribution in [-0.4, -0.2) is 6.61 Å². The van der Waals surface area contributed by atoms with Gasteiger partial charge in [0.2, 0.25) is 0 Å². The predicted molar refractivity (Wildman–Crippen MR) is 72.0 cm³/mol. The van der Waals surface area contributed by atoms with Gasteiger partial charge in [-0.2, -0.15) is 0 Å².